The molecule has 1 aromatic carbocycles. The van der Waals surface area contributed by atoms with Gasteiger partial charge in [-0.2, -0.15) is 0 Å². The zero-order chi connectivity index (χ0) is 16.6. The van der Waals surface area contributed by atoms with Crippen LogP contribution in [0.1, 0.15) is 41.6 Å². The number of benzene rings is 1. The quantitative estimate of drug-likeness (QED) is 0.849. The molecule has 0 unspecified atom stereocenters. The Bertz CT molecular complexity index is 878. The van der Waals surface area contributed by atoms with Crippen molar-refractivity contribution in [3.63, 3.8) is 0 Å². The Balaban J connectivity index is 2.04. The third-order valence-corrected chi connectivity index (χ3v) is 5.67. The molecule has 1 aliphatic rings. The van der Waals surface area contributed by atoms with Gasteiger partial charge in [0.05, 0.1) is 4.90 Å². The van der Waals surface area contributed by atoms with E-state index in [1.54, 1.807) is 12.1 Å². The fourth-order valence-corrected chi connectivity index (χ4v) is 3.72. The first-order chi connectivity index (χ1) is 10.9. The Kier molecular flexibility index (Phi) is 4.11. The number of aryl methyl sites for hydroxylation is 2. The smallest absolute Gasteiger partial charge is 0.175 e. The molecule has 23 heavy (non-hydrogen) atoms. The second kappa shape index (κ2) is 5.93. The summed E-state index contributed by atoms with van der Waals surface area (Å²) in [6, 6.07) is 9.45. The molecule has 3 nitrogen and oxygen atoms in total. The summed E-state index contributed by atoms with van der Waals surface area (Å²) in [5.74, 6) is 0. The summed E-state index contributed by atoms with van der Waals surface area (Å²) in [7, 11) is -3.15. The van der Waals surface area contributed by atoms with Gasteiger partial charge in [0.15, 0.2) is 9.84 Å². The Hall–Kier alpha value is -1.94. The molecule has 1 aliphatic carbocycles. The highest BCUT2D eigenvalue weighted by molar-refractivity contribution is 7.90. The molecule has 1 heterocycles. The Morgan fingerprint density at radius 3 is 2.13 bits per heavy atom. The number of allylic oxidation sites excluding steroid dienone is 2. The molecule has 0 aliphatic heterocycles. The van der Waals surface area contributed by atoms with Gasteiger partial charge in [0.1, 0.15) is 0 Å². The van der Waals surface area contributed by atoms with Crippen molar-refractivity contribution < 1.29 is 8.42 Å². The number of hydrogen-bond donors (Lipinski definition) is 0. The summed E-state index contributed by atoms with van der Waals surface area (Å²) < 4.78 is 23.2. The van der Waals surface area contributed by atoms with Gasteiger partial charge in [0, 0.05) is 18.1 Å². The van der Waals surface area contributed by atoms with Crippen molar-refractivity contribution in [1.29, 1.82) is 0 Å². The van der Waals surface area contributed by atoms with E-state index in [-0.39, 0.29) is 0 Å². The van der Waals surface area contributed by atoms with E-state index in [9.17, 15) is 8.42 Å². The van der Waals surface area contributed by atoms with Crippen molar-refractivity contribution in [3.05, 3.63) is 58.9 Å². The normalized spacial score (nSPS) is 15.3. The van der Waals surface area contributed by atoms with Crippen LogP contribution in [0.2, 0.25) is 0 Å². The minimum Gasteiger partial charge on any atom is -0.261 e. The van der Waals surface area contributed by atoms with Crippen LogP contribution in [0.3, 0.4) is 0 Å². The van der Waals surface area contributed by atoms with Crippen molar-refractivity contribution in [2.24, 2.45) is 0 Å². The van der Waals surface area contributed by atoms with Crippen LogP contribution in [0.4, 0.5) is 0 Å². The third-order valence-electron chi connectivity index (χ3n) is 4.54. The van der Waals surface area contributed by atoms with Gasteiger partial charge in [-0.1, -0.05) is 12.1 Å². The van der Waals surface area contributed by atoms with Crippen molar-refractivity contribution in [2.45, 2.75) is 38.0 Å². The summed E-state index contributed by atoms with van der Waals surface area (Å²) in [5, 5.41) is 0. The van der Waals surface area contributed by atoms with E-state index >= 15 is 0 Å². The van der Waals surface area contributed by atoms with E-state index < -0.39 is 9.84 Å². The van der Waals surface area contributed by atoms with Crippen LogP contribution in [0.5, 0.6) is 0 Å². The molecule has 0 bridgehead atoms. The highest BCUT2D eigenvalue weighted by Gasteiger charge is 2.19. The van der Waals surface area contributed by atoms with Crippen LogP contribution in [-0.4, -0.2) is 19.7 Å². The summed E-state index contributed by atoms with van der Waals surface area (Å²) >= 11 is 0. The zero-order valence-corrected chi connectivity index (χ0v) is 14.6. The van der Waals surface area contributed by atoms with Crippen LogP contribution < -0.4 is 0 Å². The van der Waals surface area contributed by atoms with Gasteiger partial charge in [0.2, 0.25) is 0 Å². The van der Waals surface area contributed by atoms with Crippen LogP contribution in [-0.2, 0) is 9.84 Å². The van der Waals surface area contributed by atoms with Gasteiger partial charge in [0.25, 0.3) is 0 Å². The lowest BCUT2D eigenvalue weighted by Gasteiger charge is -2.10. The van der Waals surface area contributed by atoms with Gasteiger partial charge in [-0.15, -0.1) is 0 Å². The van der Waals surface area contributed by atoms with Crippen LogP contribution >= 0.6 is 0 Å². The van der Waals surface area contributed by atoms with Gasteiger partial charge < -0.3 is 0 Å². The number of nitrogens with zero attached hydrogens (tertiary/aromatic N) is 1. The molecular weight excluding hydrogens is 306 g/mol. The zero-order valence-electron chi connectivity index (χ0n) is 13.8. The van der Waals surface area contributed by atoms with E-state index in [1.165, 1.54) is 28.5 Å². The Labute approximate surface area is 138 Å². The molecular formula is C19H21NO2S. The monoisotopic (exact) mass is 327 g/mol. The number of rotatable bonds is 3. The van der Waals surface area contributed by atoms with Crippen molar-refractivity contribution in [1.82, 2.24) is 4.98 Å². The standard InChI is InChI=1S/C19H21NO2S/c1-13-11-16(12-20-14(13)2)19-6-4-5-18(19)15-7-9-17(10-8-15)23(3,21)22/h7-12H,4-6H2,1-3H3. The molecule has 0 amide bonds. The molecule has 0 radical (unpaired) electrons. The number of hydrogen-bond acceptors (Lipinski definition) is 3. The molecule has 4 heteroatoms. The molecule has 0 saturated carbocycles. The van der Waals surface area contributed by atoms with Gasteiger partial charge in [-0.05, 0) is 79.1 Å². The molecule has 0 fully saturated rings. The predicted octanol–water partition coefficient (Wildman–Crippen LogP) is 4.20. The number of sulfone groups is 1. The lowest BCUT2D eigenvalue weighted by molar-refractivity contribution is 0.602. The van der Waals surface area contributed by atoms with Gasteiger partial charge in [-0.25, -0.2) is 8.42 Å². The van der Waals surface area contributed by atoms with Gasteiger partial charge >= 0.3 is 0 Å². The fraction of sp³-hybridized carbons (Fsp3) is 0.316. The van der Waals surface area contributed by atoms with Crippen LogP contribution in [0.25, 0.3) is 11.1 Å². The number of aromatic nitrogens is 1. The summed E-state index contributed by atoms with van der Waals surface area (Å²) in [6.07, 6.45) is 6.40. The molecule has 120 valence electrons. The summed E-state index contributed by atoms with van der Waals surface area (Å²) in [6.45, 7) is 4.11. The van der Waals surface area contributed by atoms with Crippen molar-refractivity contribution in [3.8, 4) is 0 Å². The van der Waals surface area contributed by atoms with E-state index in [0.29, 0.717) is 4.90 Å². The molecule has 0 N–H and O–H groups in total. The molecule has 1 aromatic heterocycles. The fourth-order valence-electron chi connectivity index (χ4n) is 3.09. The SMILES string of the molecule is Cc1cc(C2=C(c3ccc(S(C)(=O)=O)cc3)CCC2)cnc1C. The first-order valence-electron chi connectivity index (χ1n) is 7.82. The first kappa shape index (κ1) is 15.9. The van der Waals surface area contributed by atoms with E-state index in [0.717, 1.165) is 30.5 Å². The van der Waals surface area contributed by atoms with Crippen molar-refractivity contribution >= 4 is 21.0 Å². The van der Waals surface area contributed by atoms with Crippen LogP contribution in [0, 0.1) is 13.8 Å². The average molecular weight is 327 g/mol. The molecule has 2 aromatic rings. The van der Waals surface area contributed by atoms with Crippen LogP contribution in [0.15, 0.2) is 41.4 Å². The second-order valence-electron chi connectivity index (χ2n) is 6.23. The lowest BCUT2D eigenvalue weighted by atomic mass is 9.97. The maximum atomic E-state index is 11.6. The van der Waals surface area contributed by atoms with Crippen molar-refractivity contribution in [2.75, 3.05) is 6.26 Å². The molecule has 0 spiro atoms. The summed E-state index contributed by atoms with van der Waals surface area (Å²) in [4.78, 5) is 4.85. The van der Waals surface area contributed by atoms with E-state index in [2.05, 4.69) is 18.0 Å². The predicted molar refractivity (Wildman–Crippen MR) is 93.9 cm³/mol. The second-order valence-corrected chi connectivity index (χ2v) is 8.25. The minimum absolute atomic E-state index is 0.370. The molecule has 3 rings (SSSR count). The minimum atomic E-state index is -3.15. The molecule has 0 atom stereocenters. The van der Waals surface area contributed by atoms with Gasteiger partial charge in [-0.3, -0.25) is 4.98 Å². The highest BCUT2D eigenvalue weighted by atomic mass is 32.2. The Morgan fingerprint density at radius 1 is 0.957 bits per heavy atom. The van der Waals surface area contributed by atoms with E-state index in [4.69, 9.17) is 0 Å². The van der Waals surface area contributed by atoms with E-state index in [1.807, 2.05) is 25.3 Å². The average Bonchev–Trinajstić information content (AvgIpc) is 2.99. The molecule has 0 saturated heterocycles. The first-order valence-corrected chi connectivity index (χ1v) is 9.71. The maximum absolute atomic E-state index is 11.6. The largest absolute Gasteiger partial charge is 0.261 e. The lowest BCUT2D eigenvalue weighted by Crippen LogP contribution is -1.97. The highest BCUT2D eigenvalue weighted by Crippen LogP contribution is 2.40. The number of pyridine rings is 1. The topological polar surface area (TPSA) is 47.0 Å². The Morgan fingerprint density at radius 2 is 1.57 bits per heavy atom. The maximum Gasteiger partial charge on any atom is 0.175 e. The third kappa shape index (κ3) is 3.22. The summed E-state index contributed by atoms with van der Waals surface area (Å²) in [5.41, 5.74) is 7.22.